The molecule has 0 aliphatic heterocycles. The summed E-state index contributed by atoms with van der Waals surface area (Å²) in [6.07, 6.45) is 1.21. The summed E-state index contributed by atoms with van der Waals surface area (Å²) in [5.74, 6) is 0. The fourth-order valence-corrected chi connectivity index (χ4v) is 4.18. The molecule has 0 bridgehead atoms. The molecule has 1 saturated carbocycles. The lowest BCUT2D eigenvalue weighted by Crippen LogP contribution is -2.73. The smallest absolute Gasteiger partial charge is 0.0931 e. The number of rotatable bonds is 6. The number of hydrogen-bond donors (Lipinski definition) is 1. The van der Waals surface area contributed by atoms with E-state index in [1.165, 1.54) is 4.88 Å². The highest BCUT2D eigenvalue weighted by atomic mass is 35.5. The second-order valence-corrected chi connectivity index (χ2v) is 8.20. The Bertz CT molecular complexity index is 462. The van der Waals surface area contributed by atoms with Crippen LogP contribution in [0.4, 0.5) is 0 Å². The van der Waals surface area contributed by atoms with E-state index in [9.17, 15) is 0 Å². The van der Waals surface area contributed by atoms with Gasteiger partial charge < -0.3 is 10.5 Å². The molecule has 20 heavy (non-hydrogen) atoms. The zero-order valence-electron chi connectivity index (χ0n) is 12.8. The van der Waals surface area contributed by atoms with Gasteiger partial charge in [-0.1, -0.05) is 25.4 Å². The second-order valence-electron chi connectivity index (χ2n) is 6.40. The van der Waals surface area contributed by atoms with Crippen LogP contribution >= 0.6 is 22.9 Å². The Morgan fingerprint density at radius 1 is 1.50 bits per heavy atom. The number of likely N-dealkylation sites (N-methyl/N-ethyl adjacent to an activating group) is 1. The lowest BCUT2D eigenvalue weighted by atomic mass is 9.54. The van der Waals surface area contributed by atoms with Crippen LogP contribution in [0.5, 0.6) is 0 Å². The van der Waals surface area contributed by atoms with Crippen molar-refractivity contribution < 1.29 is 4.74 Å². The molecule has 1 aromatic rings. The number of halogens is 1. The van der Waals surface area contributed by atoms with Crippen LogP contribution in [0.3, 0.4) is 0 Å². The predicted octanol–water partition coefficient (Wildman–Crippen LogP) is 3.37. The lowest BCUT2D eigenvalue weighted by molar-refractivity contribution is -0.155. The Hall–Kier alpha value is -0.130. The summed E-state index contributed by atoms with van der Waals surface area (Å²) in [4.78, 5) is 3.56. The minimum Gasteiger partial charge on any atom is -0.378 e. The van der Waals surface area contributed by atoms with Gasteiger partial charge in [0, 0.05) is 35.5 Å². The van der Waals surface area contributed by atoms with E-state index in [2.05, 4.69) is 31.9 Å². The van der Waals surface area contributed by atoms with Crippen LogP contribution in [-0.4, -0.2) is 36.7 Å². The molecule has 2 unspecified atom stereocenters. The molecule has 0 radical (unpaired) electrons. The van der Waals surface area contributed by atoms with Crippen molar-refractivity contribution in [2.75, 3.05) is 20.2 Å². The summed E-state index contributed by atoms with van der Waals surface area (Å²) < 4.78 is 6.62. The van der Waals surface area contributed by atoms with E-state index < -0.39 is 0 Å². The molecule has 0 amide bonds. The fraction of sp³-hybridized carbons (Fsp3) is 0.733. The molecule has 1 fully saturated rings. The Kier molecular flexibility index (Phi) is 4.82. The van der Waals surface area contributed by atoms with Crippen LogP contribution in [0, 0.1) is 5.41 Å². The van der Waals surface area contributed by atoms with Gasteiger partial charge in [-0.05, 0) is 32.5 Å². The van der Waals surface area contributed by atoms with Crippen LogP contribution in [0.25, 0.3) is 0 Å². The van der Waals surface area contributed by atoms with E-state index in [0.29, 0.717) is 0 Å². The molecule has 0 spiro atoms. The minimum absolute atomic E-state index is 0.0182. The summed E-state index contributed by atoms with van der Waals surface area (Å²) in [6.45, 7) is 9.00. The summed E-state index contributed by atoms with van der Waals surface area (Å²) in [5.41, 5.74) is 6.46. The minimum atomic E-state index is -0.178. The van der Waals surface area contributed by atoms with E-state index in [-0.39, 0.29) is 17.1 Å². The van der Waals surface area contributed by atoms with Crippen molar-refractivity contribution >= 4 is 22.9 Å². The van der Waals surface area contributed by atoms with Crippen LogP contribution in [0.15, 0.2) is 12.1 Å². The van der Waals surface area contributed by atoms with Crippen LogP contribution < -0.4 is 5.73 Å². The highest BCUT2D eigenvalue weighted by molar-refractivity contribution is 7.16. The molecule has 2 atom stereocenters. The number of nitrogens with zero attached hydrogens (tertiary/aromatic N) is 1. The quantitative estimate of drug-likeness (QED) is 0.874. The zero-order chi connectivity index (χ0) is 15.0. The number of thiophene rings is 1. The molecule has 2 N–H and O–H groups in total. The first-order valence-corrected chi connectivity index (χ1v) is 8.31. The average molecular weight is 317 g/mol. The zero-order valence-corrected chi connectivity index (χ0v) is 14.4. The van der Waals surface area contributed by atoms with Gasteiger partial charge in [-0.25, -0.2) is 0 Å². The lowest BCUT2D eigenvalue weighted by Gasteiger charge is -2.60. The van der Waals surface area contributed by atoms with Crippen molar-refractivity contribution in [2.24, 2.45) is 11.1 Å². The second kappa shape index (κ2) is 5.93. The van der Waals surface area contributed by atoms with Crippen LogP contribution in [0.1, 0.15) is 32.1 Å². The summed E-state index contributed by atoms with van der Waals surface area (Å²) >= 11 is 7.61. The first-order chi connectivity index (χ1) is 9.28. The number of ether oxygens (including phenoxy) is 1. The number of nitrogens with two attached hydrogens (primary N) is 1. The molecule has 2 rings (SSSR count). The van der Waals surface area contributed by atoms with E-state index in [1.54, 1.807) is 11.3 Å². The normalized spacial score (nSPS) is 28.6. The van der Waals surface area contributed by atoms with E-state index >= 15 is 0 Å². The van der Waals surface area contributed by atoms with Gasteiger partial charge in [0.2, 0.25) is 0 Å². The summed E-state index contributed by atoms with van der Waals surface area (Å²) in [6, 6.07) is 4.04. The average Bonchev–Trinajstić information content (AvgIpc) is 2.74. The predicted molar refractivity (Wildman–Crippen MR) is 86.4 cm³/mol. The molecule has 114 valence electrons. The first kappa shape index (κ1) is 16.2. The first-order valence-electron chi connectivity index (χ1n) is 7.12. The molecule has 1 aliphatic carbocycles. The summed E-state index contributed by atoms with van der Waals surface area (Å²) in [7, 11) is 2.12. The highest BCUT2D eigenvalue weighted by Crippen LogP contribution is 2.50. The van der Waals surface area contributed by atoms with Crippen molar-refractivity contribution in [1.82, 2.24) is 4.90 Å². The van der Waals surface area contributed by atoms with Crippen molar-refractivity contribution in [3.8, 4) is 0 Å². The van der Waals surface area contributed by atoms with Gasteiger partial charge in [-0.3, -0.25) is 4.90 Å². The van der Waals surface area contributed by atoms with Crippen LogP contribution in [-0.2, 0) is 11.3 Å². The molecule has 0 aromatic carbocycles. The molecular formula is C15H25ClN2OS. The largest absolute Gasteiger partial charge is 0.378 e. The molecule has 0 saturated heterocycles. The third-order valence-electron chi connectivity index (χ3n) is 4.61. The van der Waals surface area contributed by atoms with E-state index in [1.807, 2.05) is 13.0 Å². The molecule has 1 aromatic heterocycles. The van der Waals surface area contributed by atoms with Crippen LogP contribution in [0.2, 0.25) is 4.34 Å². The monoisotopic (exact) mass is 316 g/mol. The summed E-state index contributed by atoms with van der Waals surface area (Å²) in [5, 5.41) is 0. The van der Waals surface area contributed by atoms with Crippen molar-refractivity contribution in [2.45, 2.75) is 45.4 Å². The highest BCUT2D eigenvalue weighted by Gasteiger charge is 2.58. The van der Waals surface area contributed by atoms with Crippen molar-refractivity contribution in [3.63, 3.8) is 0 Å². The van der Waals surface area contributed by atoms with Gasteiger partial charge in [0.05, 0.1) is 10.4 Å². The molecular weight excluding hydrogens is 292 g/mol. The molecule has 5 heteroatoms. The Morgan fingerprint density at radius 3 is 2.70 bits per heavy atom. The fourth-order valence-electron chi connectivity index (χ4n) is 3.02. The topological polar surface area (TPSA) is 38.5 Å². The van der Waals surface area contributed by atoms with Gasteiger partial charge >= 0.3 is 0 Å². The molecule has 3 nitrogen and oxygen atoms in total. The maximum atomic E-state index is 6.62. The Morgan fingerprint density at radius 2 is 2.20 bits per heavy atom. The number of hydrogen-bond acceptors (Lipinski definition) is 4. The van der Waals surface area contributed by atoms with Gasteiger partial charge in [0.1, 0.15) is 0 Å². The van der Waals surface area contributed by atoms with Crippen molar-refractivity contribution in [1.29, 1.82) is 0 Å². The van der Waals surface area contributed by atoms with Gasteiger partial charge in [0.15, 0.2) is 0 Å². The SMILES string of the molecule is CCOC1CC(N)(CN(C)Cc2ccc(Cl)s2)C1(C)C. The van der Waals surface area contributed by atoms with Gasteiger partial charge in [-0.2, -0.15) is 0 Å². The molecule has 1 aliphatic rings. The van der Waals surface area contributed by atoms with E-state index in [0.717, 1.165) is 30.5 Å². The third kappa shape index (κ3) is 3.04. The standard InChI is InChI=1S/C15H25ClN2OS/c1-5-19-12-8-15(17,14(12,2)3)10-18(4)9-11-6-7-13(16)20-11/h6-7,12H,5,8-10,17H2,1-4H3. The van der Waals surface area contributed by atoms with Gasteiger partial charge in [-0.15, -0.1) is 11.3 Å². The van der Waals surface area contributed by atoms with E-state index in [4.69, 9.17) is 22.1 Å². The third-order valence-corrected chi connectivity index (χ3v) is 5.83. The molecule has 1 heterocycles. The maximum absolute atomic E-state index is 6.62. The van der Waals surface area contributed by atoms with Gasteiger partial charge in [0.25, 0.3) is 0 Å². The van der Waals surface area contributed by atoms with Crippen molar-refractivity contribution in [3.05, 3.63) is 21.3 Å². The Labute approximate surface area is 131 Å². The maximum Gasteiger partial charge on any atom is 0.0931 e. The Balaban J connectivity index is 1.92.